The topological polar surface area (TPSA) is 71.3 Å². The minimum Gasteiger partial charge on any atom is -0.497 e. The number of hydrogen-bond acceptors (Lipinski definition) is 7. The van der Waals surface area contributed by atoms with Gasteiger partial charge >= 0.3 is 6.61 Å². The van der Waals surface area contributed by atoms with Crippen molar-refractivity contribution in [3.05, 3.63) is 72.6 Å². The van der Waals surface area contributed by atoms with Gasteiger partial charge in [-0.1, -0.05) is 17.8 Å². The molecule has 2 aromatic carbocycles. The van der Waals surface area contributed by atoms with E-state index in [0.29, 0.717) is 16.7 Å². The standard InChI is InChI=1S/C23H20F2N4O3S/c1-30-18-6-4-17(5-7-18)29-21(16-9-11-26-12-10-16)27-28-23(29)33-14-15-3-8-19(32-22(24)25)20(13-15)31-2/h3-13,22H,14H2,1-2H3. The Kier molecular flexibility index (Phi) is 7.04. The number of alkyl halides is 2. The number of methoxy groups -OCH3 is 2. The summed E-state index contributed by atoms with van der Waals surface area (Å²) in [5, 5.41) is 9.46. The van der Waals surface area contributed by atoms with Gasteiger partial charge < -0.3 is 14.2 Å². The van der Waals surface area contributed by atoms with Gasteiger partial charge in [0, 0.05) is 29.4 Å². The normalized spacial score (nSPS) is 10.9. The molecule has 10 heteroatoms. The van der Waals surface area contributed by atoms with Gasteiger partial charge in [0.2, 0.25) is 0 Å². The Morgan fingerprint density at radius 2 is 1.67 bits per heavy atom. The number of hydrogen-bond donors (Lipinski definition) is 0. The quantitative estimate of drug-likeness (QED) is 0.310. The fraction of sp³-hybridized carbons (Fsp3) is 0.174. The van der Waals surface area contributed by atoms with Crippen molar-refractivity contribution in [2.45, 2.75) is 17.5 Å². The fourth-order valence-electron chi connectivity index (χ4n) is 3.16. The predicted molar refractivity (Wildman–Crippen MR) is 120 cm³/mol. The monoisotopic (exact) mass is 470 g/mol. The van der Waals surface area contributed by atoms with Crippen LogP contribution >= 0.6 is 11.8 Å². The molecule has 0 spiro atoms. The minimum absolute atomic E-state index is 0.0115. The van der Waals surface area contributed by atoms with Gasteiger partial charge in [-0.3, -0.25) is 9.55 Å². The van der Waals surface area contributed by atoms with Crippen molar-refractivity contribution in [1.29, 1.82) is 0 Å². The Bertz CT molecular complexity index is 1200. The molecule has 0 N–H and O–H groups in total. The van der Waals surface area contributed by atoms with Crippen LogP contribution in [0.25, 0.3) is 17.1 Å². The van der Waals surface area contributed by atoms with Gasteiger partial charge in [-0.15, -0.1) is 10.2 Å². The number of pyridine rings is 1. The number of benzene rings is 2. The molecule has 0 aliphatic rings. The van der Waals surface area contributed by atoms with Crippen LogP contribution in [0.4, 0.5) is 8.78 Å². The number of thioether (sulfide) groups is 1. The third-order valence-corrected chi connectivity index (χ3v) is 5.71. The van der Waals surface area contributed by atoms with E-state index in [4.69, 9.17) is 9.47 Å². The van der Waals surface area contributed by atoms with Crippen molar-refractivity contribution in [2.24, 2.45) is 0 Å². The van der Waals surface area contributed by atoms with Crippen LogP contribution in [0.15, 0.2) is 72.1 Å². The van der Waals surface area contributed by atoms with E-state index in [2.05, 4.69) is 19.9 Å². The van der Waals surface area contributed by atoms with Crippen LogP contribution in [0.2, 0.25) is 0 Å². The lowest BCUT2D eigenvalue weighted by atomic mass is 10.2. The first-order chi connectivity index (χ1) is 16.1. The lowest BCUT2D eigenvalue weighted by molar-refractivity contribution is -0.0512. The van der Waals surface area contributed by atoms with Gasteiger partial charge in [0.25, 0.3) is 0 Å². The number of ether oxygens (including phenoxy) is 3. The second kappa shape index (κ2) is 10.3. The molecular formula is C23H20F2N4O3S. The molecule has 4 aromatic rings. The number of rotatable bonds is 9. The number of nitrogens with zero attached hydrogens (tertiary/aromatic N) is 4. The summed E-state index contributed by atoms with van der Waals surface area (Å²) < 4.78 is 42.1. The van der Waals surface area contributed by atoms with E-state index in [1.807, 2.05) is 41.0 Å². The largest absolute Gasteiger partial charge is 0.497 e. The highest BCUT2D eigenvalue weighted by Crippen LogP contribution is 2.34. The van der Waals surface area contributed by atoms with E-state index in [1.54, 1.807) is 31.6 Å². The zero-order valence-electron chi connectivity index (χ0n) is 17.8. The first-order valence-corrected chi connectivity index (χ1v) is 10.8. The minimum atomic E-state index is -2.92. The number of aromatic nitrogens is 4. The third kappa shape index (κ3) is 5.23. The summed E-state index contributed by atoms with van der Waals surface area (Å²) in [7, 11) is 3.02. The molecule has 7 nitrogen and oxygen atoms in total. The molecule has 0 fully saturated rings. The van der Waals surface area contributed by atoms with E-state index in [-0.39, 0.29) is 11.5 Å². The van der Waals surface area contributed by atoms with E-state index in [9.17, 15) is 8.78 Å². The molecule has 0 amide bonds. The molecule has 2 heterocycles. The maximum Gasteiger partial charge on any atom is 0.387 e. The van der Waals surface area contributed by atoms with Gasteiger partial charge in [0.1, 0.15) is 5.75 Å². The maximum atomic E-state index is 12.6. The van der Waals surface area contributed by atoms with E-state index < -0.39 is 6.61 Å². The average Bonchev–Trinajstić information content (AvgIpc) is 3.27. The molecule has 170 valence electrons. The Morgan fingerprint density at radius 1 is 0.909 bits per heavy atom. The van der Waals surface area contributed by atoms with Crippen molar-refractivity contribution in [1.82, 2.24) is 19.7 Å². The van der Waals surface area contributed by atoms with Crippen molar-refractivity contribution in [3.63, 3.8) is 0 Å². The summed E-state index contributed by atoms with van der Waals surface area (Å²) in [5.74, 6) is 2.15. The molecule has 2 aromatic heterocycles. The van der Waals surface area contributed by atoms with Crippen LogP contribution in [0.3, 0.4) is 0 Å². The fourth-order valence-corrected chi connectivity index (χ4v) is 4.05. The first kappa shape index (κ1) is 22.5. The first-order valence-electron chi connectivity index (χ1n) is 9.84. The van der Waals surface area contributed by atoms with Crippen LogP contribution in [-0.2, 0) is 5.75 Å². The zero-order chi connectivity index (χ0) is 23.2. The van der Waals surface area contributed by atoms with Gasteiger partial charge in [-0.25, -0.2) is 0 Å². The van der Waals surface area contributed by atoms with Crippen LogP contribution < -0.4 is 14.2 Å². The summed E-state index contributed by atoms with van der Waals surface area (Å²) in [5.41, 5.74) is 2.59. The molecule has 0 atom stereocenters. The lowest BCUT2D eigenvalue weighted by Crippen LogP contribution is -2.03. The molecule has 0 saturated heterocycles. The maximum absolute atomic E-state index is 12.6. The third-order valence-electron chi connectivity index (χ3n) is 4.71. The Balaban J connectivity index is 1.64. The average molecular weight is 471 g/mol. The zero-order valence-corrected chi connectivity index (χ0v) is 18.6. The van der Waals surface area contributed by atoms with Crippen LogP contribution in [-0.4, -0.2) is 40.6 Å². The molecule has 0 radical (unpaired) electrons. The van der Waals surface area contributed by atoms with Crippen molar-refractivity contribution >= 4 is 11.8 Å². The van der Waals surface area contributed by atoms with E-state index in [1.165, 1.54) is 24.9 Å². The van der Waals surface area contributed by atoms with Gasteiger partial charge in [0.05, 0.1) is 14.2 Å². The van der Waals surface area contributed by atoms with Crippen molar-refractivity contribution < 1.29 is 23.0 Å². The van der Waals surface area contributed by atoms with E-state index in [0.717, 1.165) is 22.6 Å². The Morgan fingerprint density at radius 3 is 2.33 bits per heavy atom. The van der Waals surface area contributed by atoms with Gasteiger partial charge in [-0.2, -0.15) is 8.78 Å². The van der Waals surface area contributed by atoms with Gasteiger partial charge in [-0.05, 0) is 54.1 Å². The summed E-state index contributed by atoms with van der Waals surface area (Å²) in [6.45, 7) is -2.92. The Hall–Kier alpha value is -3.66. The SMILES string of the molecule is COc1ccc(-n2c(SCc3ccc(OC(F)F)c(OC)c3)nnc2-c2ccncc2)cc1. The van der Waals surface area contributed by atoms with Crippen molar-refractivity contribution in [2.75, 3.05) is 14.2 Å². The molecule has 0 unspecified atom stereocenters. The van der Waals surface area contributed by atoms with Crippen molar-refractivity contribution in [3.8, 4) is 34.3 Å². The smallest absolute Gasteiger partial charge is 0.387 e. The van der Waals surface area contributed by atoms with Crippen LogP contribution in [0.5, 0.6) is 17.2 Å². The highest BCUT2D eigenvalue weighted by molar-refractivity contribution is 7.98. The Labute approximate surface area is 193 Å². The second-order valence-electron chi connectivity index (χ2n) is 6.73. The van der Waals surface area contributed by atoms with E-state index >= 15 is 0 Å². The summed E-state index contributed by atoms with van der Waals surface area (Å²) >= 11 is 1.46. The molecule has 0 aliphatic heterocycles. The predicted octanol–water partition coefficient (Wildman–Crippen LogP) is 5.24. The highest BCUT2D eigenvalue weighted by atomic mass is 32.2. The lowest BCUT2D eigenvalue weighted by Gasteiger charge is -2.12. The highest BCUT2D eigenvalue weighted by Gasteiger charge is 2.17. The summed E-state index contributed by atoms with van der Waals surface area (Å²) in [4.78, 5) is 4.07. The summed E-state index contributed by atoms with van der Waals surface area (Å²) in [6.07, 6.45) is 3.40. The summed E-state index contributed by atoms with van der Waals surface area (Å²) in [6, 6.07) is 16.2. The second-order valence-corrected chi connectivity index (χ2v) is 7.67. The molecular weight excluding hydrogens is 450 g/mol. The molecule has 0 saturated carbocycles. The molecule has 0 bridgehead atoms. The number of halogens is 2. The van der Waals surface area contributed by atoms with Crippen LogP contribution in [0.1, 0.15) is 5.56 Å². The van der Waals surface area contributed by atoms with Gasteiger partial charge in [0.15, 0.2) is 22.5 Å². The molecule has 33 heavy (non-hydrogen) atoms. The molecule has 0 aliphatic carbocycles. The molecule has 4 rings (SSSR count). The van der Waals surface area contributed by atoms with Crippen LogP contribution in [0, 0.1) is 0 Å².